The fourth-order valence-corrected chi connectivity index (χ4v) is 1.80. The number of benzene rings is 1. The van der Waals surface area contributed by atoms with Gasteiger partial charge in [0.25, 0.3) is 5.91 Å². The topological polar surface area (TPSA) is 29.1 Å². The minimum absolute atomic E-state index is 0.201. The number of alkyl halides is 4. The van der Waals surface area contributed by atoms with Crippen molar-refractivity contribution in [3.8, 4) is 0 Å². The number of carbonyl (C=O) groups excluding carboxylic acids is 1. The van der Waals surface area contributed by atoms with E-state index in [1.807, 2.05) is 0 Å². The highest BCUT2D eigenvalue weighted by molar-refractivity contribution is 9.09. The van der Waals surface area contributed by atoms with Crippen LogP contribution in [0.15, 0.2) is 18.2 Å². The van der Waals surface area contributed by atoms with E-state index in [4.69, 9.17) is 0 Å². The van der Waals surface area contributed by atoms with E-state index >= 15 is 0 Å². The molecule has 106 valence electrons. The second kappa shape index (κ2) is 6.88. The van der Waals surface area contributed by atoms with Crippen LogP contribution in [0.3, 0.4) is 0 Å². The van der Waals surface area contributed by atoms with Crippen LogP contribution in [0, 0.1) is 5.82 Å². The first-order valence-electron chi connectivity index (χ1n) is 5.57. The van der Waals surface area contributed by atoms with Crippen LogP contribution in [0.2, 0.25) is 0 Å². The molecule has 0 aromatic heterocycles. The normalized spacial score (nSPS) is 11.4. The number of unbranched alkanes of at least 4 members (excludes halogenated alkanes) is 1. The van der Waals surface area contributed by atoms with Gasteiger partial charge in [-0.3, -0.25) is 4.79 Å². The van der Waals surface area contributed by atoms with Gasteiger partial charge in [0.05, 0.1) is 5.56 Å². The molecule has 1 aromatic rings. The van der Waals surface area contributed by atoms with Gasteiger partial charge in [-0.05, 0) is 31.0 Å². The lowest BCUT2D eigenvalue weighted by molar-refractivity contribution is -0.140. The predicted molar refractivity (Wildman–Crippen MR) is 66.8 cm³/mol. The zero-order valence-electron chi connectivity index (χ0n) is 9.86. The van der Waals surface area contributed by atoms with Crippen molar-refractivity contribution in [3.63, 3.8) is 0 Å². The maximum Gasteiger partial charge on any atom is 0.419 e. The Labute approximate surface area is 116 Å². The van der Waals surface area contributed by atoms with Gasteiger partial charge in [-0.15, -0.1) is 0 Å². The second-order valence-electron chi connectivity index (χ2n) is 3.84. The fourth-order valence-electron chi connectivity index (χ4n) is 1.41. The highest BCUT2D eigenvalue weighted by Crippen LogP contribution is 2.31. The Hall–Kier alpha value is -1.11. The largest absolute Gasteiger partial charge is 0.419 e. The summed E-state index contributed by atoms with van der Waals surface area (Å²) in [5, 5.41) is 3.27. The van der Waals surface area contributed by atoms with E-state index in [1.54, 1.807) is 0 Å². The third kappa shape index (κ3) is 4.81. The molecule has 0 atom stereocenters. The van der Waals surface area contributed by atoms with E-state index in [1.165, 1.54) is 0 Å². The lowest BCUT2D eigenvalue weighted by atomic mass is 10.1. The van der Waals surface area contributed by atoms with E-state index in [9.17, 15) is 22.4 Å². The highest BCUT2D eigenvalue weighted by atomic mass is 79.9. The molecule has 0 aliphatic carbocycles. The maximum atomic E-state index is 13.0. The van der Waals surface area contributed by atoms with E-state index in [0.29, 0.717) is 25.1 Å². The number of halogens is 5. The number of amides is 1. The van der Waals surface area contributed by atoms with Crippen molar-refractivity contribution < 1.29 is 22.4 Å². The molecule has 7 heteroatoms. The summed E-state index contributed by atoms with van der Waals surface area (Å²) in [6.07, 6.45) is -3.25. The molecule has 19 heavy (non-hydrogen) atoms. The molecule has 0 bridgehead atoms. The molecule has 0 saturated heterocycles. The number of nitrogens with one attached hydrogen (secondary N) is 1. The summed E-state index contributed by atoms with van der Waals surface area (Å²) in [5.74, 6) is -2.02. The Morgan fingerprint density at radius 1 is 1.26 bits per heavy atom. The van der Waals surface area contributed by atoms with Crippen LogP contribution in [0.4, 0.5) is 17.6 Å². The van der Waals surface area contributed by atoms with Crippen LogP contribution < -0.4 is 5.32 Å². The Morgan fingerprint density at radius 3 is 2.53 bits per heavy atom. The predicted octanol–water partition coefficient (Wildman–Crippen LogP) is 3.75. The summed E-state index contributed by atoms with van der Waals surface area (Å²) in [6.45, 7) is 0.364. The number of hydrogen-bond acceptors (Lipinski definition) is 1. The standard InChI is InChI=1S/C12H12BrF4NO/c13-5-1-2-6-18-11(19)8-3-4-10(14)9(7-8)12(15,16)17/h3-4,7H,1-2,5-6H2,(H,18,19). The van der Waals surface area contributed by atoms with Crippen molar-refractivity contribution in [2.75, 3.05) is 11.9 Å². The first kappa shape index (κ1) is 15.9. The average Bonchev–Trinajstić information content (AvgIpc) is 2.33. The summed E-state index contributed by atoms with van der Waals surface area (Å²) in [5.41, 5.74) is -1.63. The molecule has 0 spiro atoms. The maximum absolute atomic E-state index is 13.0. The van der Waals surface area contributed by atoms with Crippen molar-refractivity contribution in [1.82, 2.24) is 5.32 Å². The van der Waals surface area contributed by atoms with E-state index in [0.717, 1.165) is 17.8 Å². The molecule has 0 aliphatic heterocycles. The van der Waals surface area contributed by atoms with Crippen LogP contribution in [0.5, 0.6) is 0 Å². The van der Waals surface area contributed by atoms with Gasteiger partial charge < -0.3 is 5.32 Å². The minimum atomic E-state index is -4.81. The summed E-state index contributed by atoms with van der Waals surface area (Å²) in [4.78, 5) is 11.6. The van der Waals surface area contributed by atoms with Crippen molar-refractivity contribution in [1.29, 1.82) is 0 Å². The first-order chi connectivity index (χ1) is 8.86. The summed E-state index contributed by atoms with van der Waals surface area (Å²) in [6, 6.07) is 2.20. The Balaban J connectivity index is 2.76. The SMILES string of the molecule is O=C(NCCCCBr)c1ccc(F)c(C(F)(F)F)c1. The third-order valence-electron chi connectivity index (χ3n) is 2.38. The fraction of sp³-hybridized carbons (Fsp3) is 0.417. The lowest BCUT2D eigenvalue weighted by Crippen LogP contribution is -2.25. The molecular weight excluding hydrogens is 330 g/mol. The summed E-state index contributed by atoms with van der Waals surface area (Å²) < 4.78 is 50.4. The average molecular weight is 342 g/mol. The van der Waals surface area contributed by atoms with Gasteiger partial charge in [-0.1, -0.05) is 15.9 Å². The highest BCUT2D eigenvalue weighted by Gasteiger charge is 2.34. The summed E-state index contributed by atoms with van der Waals surface area (Å²) in [7, 11) is 0. The van der Waals surface area contributed by atoms with E-state index < -0.39 is 23.5 Å². The number of hydrogen-bond donors (Lipinski definition) is 1. The molecule has 1 rings (SSSR count). The monoisotopic (exact) mass is 341 g/mol. The molecule has 1 N–H and O–H groups in total. The molecule has 0 unspecified atom stereocenters. The molecular formula is C12H12BrF4NO. The van der Waals surface area contributed by atoms with Gasteiger partial charge in [-0.25, -0.2) is 4.39 Å². The van der Waals surface area contributed by atoms with Crippen LogP contribution in [-0.2, 0) is 6.18 Å². The van der Waals surface area contributed by atoms with Crippen LogP contribution in [-0.4, -0.2) is 17.8 Å². The van der Waals surface area contributed by atoms with Crippen molar-refractivity contribution >= 4 is 21.8 Å². The quantitative estimate of drug-likeness (QED) is 0.493. The van der Waals surface area contributed by atoms with Gasteiger partial charge in [0, 0.05) is 17.4 Å². The zero-order valence-corrected chi connectivity index (χ0v) is 11.4. The Kier molecular flexibility index (Phi) is 5.78. The number of rotatable bonds is 5. The first-order valence-corrected chi connectivity index (χ1v) is 6.69. The van der Waals surface area contributed by atoms with Crippen molar-refractivity contribution in [2.24, 2.45) is 0 Å². The zero-order chi connectivity index (χ0) is 14.5. The van der Waals surface area contributed by atoms with Crippen molar-refractivity contribution in [2.45, 2.75) is 19.0 Å². The lowest BCUT2D eigenvalue weighted by Gasteiger charge is -2.10. The van der Waals surface area contributed by atoms with Gasteiger partial charge >= 0.3 is 6.18 Å². The smallest absolute Gasteiger partial charge is 0.352 e. The molecule has 1 aromatic carbocycles. The van der Waals surface area contributed by atoms with E-state index in [-0.39, 0.29) is 5.56 Å². The Bertz CT molecular complexity index is 448. The second-order valence-corrected chi connectivity index (χ2v) is 4.64. The minimum Gasteiger partial charge on any atom is -0.352 e. The van der Waals surface area contributed by atoms with Crippen molar-refractivity contribution in [3.05, 3.63) is 35.1 Å². The van der Waals surface area contributed by atoms with Gasteiger partial charge in [0.2, 0.25) is 0 Å². The van der Waals surface area contributed by atoms with Crippen LogP contribution in [0.1, 0.15) is 28.8 Å². The molecule has 0 aliphatic rings. The molecule has 0 fully saturated rings. The van der Waals surface area contributed by atoms with Crippen LogP contribution in [0.25, 0.3) is 0 Å². The summed E-state index contributed by atoms with van der Waals surface area (Å²) >= 11 is 3.22. The van der Waals surface area contributed by atoms with Gasteiger partial charge in [0.1, 0.15) is 5.82 Å². The third-order valence-corrected chi connectivity index (χ3v) is 2.94. The molecule has 1 amide bonds. The van der Waals surface area contributed by atoms with Crippen LogP contribution >= 0.6 is 15.9 Å². The molecule has 2 nitrogen and oxygen atoms in total. The molecule has 0 heterocycles. The van der Waals surface area contributed by atoms with Gasteiger partial charge in [0.15, 0.2) is 0 Å². The number of carbonyl (C=O) groups is 1. The van der Waals surface area contributed by atoms with E-state index in [2.05, 4.69) is 21.2 Å². The molecule has 0 saturated carbocycles. The Morgan fingerprint density at radius 2 is 1.95 bits per heavy atom. The van der Waals surface area contributed by atoms with Gasteiger partial charge in [-0.2, -0.15) is 13.2 Å². The molecule has 0 radical (unpaired) electrons.